The number of nitrogens with two attached hydrogens (primary N) is 1. The molecule has 1 fully saturated rings. The van der Waals surface area contributed by atoms with Crippen molar-refractivity contribution >= 4 is 27.8 Å². The highest BCUT2D eigenvalue weighted by Gasteiger charge is 2.44. The first-order valence-corrected chi connectivity index (χ1v) is 10.1. The van der Waals surface area contributed by atoms with Crippen LogP contribution in [0.2, 0.25) is 0 Å². The number of rotatable bonds is 5. The third kappa shape index (κ3) is 3.41. The van der Waals surface area contributed by atoms with E-state index in [-0.39, 0.29) is 18.5 Å². The van der Waals surface area contributed by atoms with Gasteiger partial charge in [-0.1, -0.05) is 42.5 Å². The molecule has 3 heterocycles. The predicted molar refractivity (Wildman–Crippen MR) is 114 cm³/mol. The fraction of sp³-hybridized carbons (Fsp3) is 0.318. The molecule has 5 atom stereocenters. The summed E-state index contributed by atoms with van der Waals surface area (Å²) < 4.78 is 13.5. The Bertz CT molecular complexity index is 1220. The summed E-state index contributed by atoms with van der Waals surface area (Å²) in [7, 11) is 0. The van der Waals surface area contributed by atoms with E-state index in [9.17, 15) is 10.2 Å². The average Bonchev–Trinajstić information content (AvgIpc) is 3.34. The molecule has 0 saturated carbocycles. The molecule has 1 saturated heterocycles. The topological polar surface area (TPSA) is 129 Å². The lowest BCUT2D eigenvalue weighted by molar-refractivity contribution is -0.0786. The lowest BCUT2D eigenvalue weighted by Crippen LogP contribution is -2.34. The van der Waals surface area contributed by atoms with Gasteiger partial charge in [0.1, 0.15) is 30.2 Å². The Morgan fingerprint density at radius 3 is 2.77 bits per heavy atom. The van der Waals surface area contributed by atoms with Gasteiger partial charge in [0, 0.05) is 0 Å². The van der Waals surface area contributed by atoms with Crippen molar-refractivity contribution in [2.45, 2.75) is 37.6 Å². The molecule has 0 bridgehead atoms. The maximum atomic E-state index is 10.6. The van der Waals surface area contributed by atoms with Crippen molar-refractivity contribution in [1.29, 1.82) is 0 Å². The first-order valence-electron chi connectivity index (χ1n) is 10.1. The fourth-order valence-corrected chi connectivity index (χ4v) is 4.09. The van der Waals surface area contributed by atoms with Crippen molar-refractivity contribution in [1.82, 2.24) is 19.5 Å². The van der Waals surface area contributed by atoms with Crippen molar-refractivity contribution in [3.8, 4) is 0 Å². The van der Waals surface area contributed by atoms with Gasteiger partial charge in [-0.25, -0.2) is 15.0 Å². The molecule has 2 aromatic heterocycles. The largest absolute Gasteiger partial charge is 0.387 e. The number of hydrogen-bond donors (Lipinski definition) is 3. The molecule has 1 aliphatic rings. The number of ether oxygens (including phenoxy) is 2. The Morgan fingerprint density at radius 2 is 1.90 bits per heavy atom. The second-order valence-electron chi connectivity index (χ2n) is 7.67. The third-order valence-electron chi connectivity index (χ3n) is 5.77. The van der Waals surface area contributed by atoms with Gasteiger partial charge in [0.2, 0.25) is 0 Å². The van der Waals surface area contributed by atoms with Crippen LogP contribution < -0.4 is 5.73 Å². The minimum Gasteiger partial charge on any atom is -0.387 e. The van der Waals surface area contributed by atoms with Crippen LogP contribution in [0.15, 0.2) is 55.1 Å². The zero-order valence-corrected chi connectivity index (χ0v) is 16.9. The summed E-state index contributed by atoms with van der Waals surface area (Å²) in [6, 6.07) is 14.2. The van der Waals surface area contributed by atoms with Gasteiger partial charge in [-0.2, -0.15) is 0 Å². The summed E-state index contributed by atoms with van der Waals surface area (Å²) in [5.41, 5.74) is 7.72. The maximum Gasteiger partial charge on any atom is 0.167 e. The van der Waals surface area contributed by atoms with Crippen LogP contribution >= 0.6 is 0 Å². The Labute approximate surface area is 178 Å². The van der Waals surface area contributed by atoms with Crippen molar-refractivity contribution in [2.75, 3.05) is 12.3 Å². The Morgan fingerprint density at radius 1 is 1.10 bits per heavy atom. The van der Waals surface area contributed by atoms with Gasteiger partial charge in [-0.05, 0) is 23.3 Å². The van der Waals surface area contributed by atoms with Crippen LogP contribution in [0, 0.1) is 0 Å². The number of benzene rings is 2. The van der Waals surface area contributed by atoms with Crippen LogP contribution in [0.4, 0.5) is 5.82 Å². The van der Waals surface area contributed by atoms with E-state index >= 15 is 0 Å². The molecule has 4 N–H and O–H groups in total. The predicted octanol–water partition coefficient (Wildman–Crippen LogP) is 1.96. The van der Waals surface area contributed by atoms with Crippen molar-refractivity contribution in [3.63, 3.8) is 0 Å². The third-order valence-corrected chi connectivity index (χ3v) is 5.77. The number of hydrogen-bond acceptors (Lipinski definition) is 8. The van der Waals surface area contributed by atoms with Crippen molar-refractivity contribution < 1.29 is 19.7 Å². The van der Waals surface area contributed by atoms with Crippen molar-refractivity contribution in [2.24, 2.45) is 0 Å². The summed E-state index contributed by atoms with van der Waals surface area (Å²) in [6.07, 6.45) is -1.31. The Balaban J connectivity index is 1.33. The van der Waals surface area contributed by atoms with Gasteiger partial charge in [0.25, 0.3) is 0 Å². The number of fused-ring (bicyclic) bond motifs is 2. The molecule has 0 radical (unpaired) electrons. The van der Waals surface area contributed by atoms with Crippen LogP contribution in [0.1, 0.15) is 24.8 Å². The van der Waals surface area contributed by atoms with E-state index in [1.807, 2.05) is 31.2 Å². The van der Waals surface area contributed by atoms with Crippen LogP contribution in [0.25, 0.3) is 21.9 Å². The SMILES string of the molecule is CC(OC[C@H]1O[C@@H](n2cnc3c(N)ncnc32)[C@H](O)[C@@H]1O)c1cccc2ccccc12. The number of aromatic nitrogens is 4. The highest BCUT2D eigenvalue weighted by atomic mass is 16.6. The van der Waals surface area contributed by atoms with Crippen LogP contribution in [0.3, 0.4) is 0 Å². The maximum absolute atomic E-state index is 10.6. The number of nitrogen functional groups attached to an aromatic ring is 1. The normalized spacial score (nSPS) is 24.7. The zero-order valence-electron chi connectivity index (χ0n) is 16.9. The van der Waals surface area contributed by atoms with Crippen LogP contribution in [0.5, 0.6) is 0 Å². The smallest absolute Gasteiger partial charge is 0.167 e. The van der Waals surface area contributed by atoms with Gasteiger partial charge < -0.3 is 25.4 Å². The van der Waals surface area contributed by atoms with E-state index < -0.39 is 24.5 Å². The van der Waals surface area contributed by atoms with E-state index in [1.165, 1.54) is 12.7 Å². The summed E-state index contributed by atoms with van der Waals surface area (Å²) >= 11 is 0. The molecule has 0 aliphatic carbocycles. The Hall–Kier alpha value is -3.11. The van der Waals surface area contributed by atoms with Gasteiger partial charge >= 0.3 is 0 Å². The quantitative estimate of drug-likeness (QED) is 0.446. The van der Waals surface area contributed by atoms with Crippen molar-refractivity contribution in [3.05, 3.63) is 60.7 Å². The molecule has 160 valence electrons. The molecular formula is C22H23N5O4. The summed E-state index contributed by atoms with van der Waals surface area (Å²) in [4.78, 5) is 12.3. The van der Waals surface area contributed by atoms with E-state index in [4.69, 9.17) is 15.2 Å². The molecule has 0 spiro atoms. The number of aliphatic hydroxyl groups excluding tert-OH is 2. The first-order chi connectivity index (χ1) is 15.0. The van der Waals surface area contributed by atoms with E-state index in [0.717, 1.165) is 16.3 Å². The standard InChI is InChI=1S/C22H23N5O4/c1-12(14-8-4-6-13-5-2-3-7-15(13)14)30-9-16-18(28)19(29)22(31-16)27-11-26-17-20(23)24-10-25-21(17)27/h2-8,10-12,16,18-19,22,28-29H,9H2,1H3,(H2,23,24,25)/t12?,16-,18-,19-,22-/m1/s1. The average molecular weight is 421 g/mol. The number of imidazole rings is 1. The summed E-state index contributed by atoms with van der Waals surface area (Å²) in [5, 5.41) is 23.4. The molecule has 1 unspecified atom stereocenters. The summed E-state index contributed by atoms with van der Waals surface area (Å²) in [5.74, 6) is 0.237. The number of nitrogens with zero attached hydrogens (tertiary/aromatic N) is 4. The first kappa shape index (κ1) is 19.8. The lowest BCUT2D eigenvalue weighted by atomic mass is 10.0. The molecule has 0 amide bonds. The van der Waals surface area contributed by atoms with E-state index in [0.29, 0.717) is 11.2 Å². The zero-order chi connectivity index (χ0) is 21.5. The minimum atomic E-state index is -1.17. The molecule has 1 aliphatic heterocycles. The van der Waals surface area contributed by atoms with E-state index in [2.05, 4.69) is 33.2 Å². The molecule has 9 heteroatoms. The second-order valence-corrected chi connectivity index (χ2v) is 7.67. The summed E-state index contributed by atoms with van der Waals surface area (Å²) in [6.45, 7) is 2.07. The fourth-order valence-electron chi connectivity index (χ4n) is 4.09. The molecule has 9 nitrogen and oxygen atoms in total. The highest BCUT2D eigenvalue weighted by Crippen LogP contribution is 2.33. The van der Waals surface area contributed by atoms with Crippen LogP contribution in [-0.2, 0) is 9.47 Å². The Kier molecular flexibility index (Phi) is 5.03. The van der Waals surface area contributed by atoms with E-state index in [1.54, 1.807) is 4.57 Å². The monoisotopic (exact) mass is 421 g/mol. The highest BCUT2D eigenvalue weighted by molar-refractivity contribution is 5.86. The number of aliphatic hydroxyl groups is 2. The van der Waals surface area contributed by atoms with Crippen LogP contribution in [-0.4, -0.2) is 54.7 Å². The molecular weight excluding hydrogens is 398 g/mol. The lowest BCUT2D eigenvalue weighted by Gasteiger charge is -2.20. The van der Waals surface area contributed by atoms with Gasteiger partial charge in [-0.3, -0.25) is 4.57 Å². The van der Waals surface area contributed by atoms with Gasteiger partial charge in [0.15, 0.2) is 17.7 Å². The van der Waals surface area contributed by atoms with Gasteiger partial charge in [-0.15, -0.1) is 0 Å². The second kappa shape index (κ2) is 7.86. The van der Waals surface area contributed by atoms with Gasteiger partial charge in [0.05, 0.1) is 19.0 Å². The number of anilines is 1. The molecule has 2 aromatic carbocycles. The molecule has 5 rings (SSSR count). The molecule has 4 aromatic rings. The molecule has 31 heavy (non-hydrogen) atoms. The minimum absolute atomic E-state index is 0.114.